The van der Waals surface area contributed by atoms with Crippen LogP contribution in [0.25, 0.3) is 0 Å². The Balaban J connectivity index is 1.72. The molecule has 2 N–H and O–H groups in total. The van der Waals surface area contributed by atoms with E-state index in [1.165, 1.54) is 23.1 Å². The van der Waals surface area contributed by atoms with Crippen molar-refractivity contribution in [3.8, 4) is 0 Å². The monoisotopic (exact) mass is 391 g/mol. The highest BCUT2D eigenvalue weighted by Crippen LogP contribution is 2.23. The fourth-order valence-electron chi connectivity index (χ4n) is 2.12. The van der Waals surface area contributed by atoms with Crippen LogP contribution < -0.4 is 10.6 Å². The molecule has 0 atom stereocenters. The van der Waals surface area contributed by atoms with Crippen LogP contribution in [0, 0.1) is 12.8 Å². The third kappa shape index (κ3) is 7.58. The van der Waals surface area contributed by atoms with Crippen molar-refractivity contribution < 1.29 is 9.59 Å². The standard InChI is InChI=1S/C19H25N3O2S2/c1-13(2)8-9-20-17(23)10-16-11-25-19(22-16)26-12-18(24)21-15-6-4-14(3)5-7-15/h4-7,11,13H,8-10,12H2,1-3H3,(H,20,23)(H,21,24). The molecule has 0 bridgehead atoms. The summed E-state index contributed by atoms with van der Waals surface area (Å²) >= 11 is 2.85. The first kappa shape index (κ1) is 20.5. The molecular formula is C19H25N3O2S2. The summed E-state index contributed by atoms with van der Waals surface area (Å²) in [6.07, 6.45) is 1.25. The number of thiazole rings is 1. The number of amides is 2. The van der Waals surface area contributed by atoms with Crippen molar-refractivity contribution in [3.63, 3.8) is 0 Å². The lowest BCUT2D eigenvalue weighted by atomic mass is 10.1. The number of aryl methyl sites for hydroxylation is 1. The second-order valence-corrected chi connectivity index (χ2v) is 8.60. The van der Waals surface area contributed by atoms with Crippen molar-refractivity contribution in [3.05, 3.63) is 40.9 Å². The van der Waals surface area contributed by atoms with Gasteiger partial charge in [-0.3, -0.25) is 9.59 Å². The average Bonchev–Trinajstić information content (AvgIpc) is 3.02. The Kier molecular flexibility index (Phi) is 8.12. The summed E-state index contributed by atoms with van der Waals surface area (Å²) in [7, 11) is 0. The number of carbonyl (C=O) groups is 2. The summed E-state index contributed by atoms with van der Waals surface area (Å²) in [6.45, 7) is 6.96. The number of nitrogens with zero attached hydrogens (tertiary/aromatic N) is 1. The lowest BCUT2D eigenvalue weighted by Gasteiger charge is -2.06. The minimum atomic E-state index is -0.0676. The van der Waals surface area contributed by atoms with Crippen molar-refractivity contribution in [2.75, 3.05) is 17.6 Å². The van der Waals surface area contributed by atoms with Crippen LogP contribution in [-0.2, 0) is 16.0 Å². The second-order valence-electron chi connectivity index (χ2n) is 6.52. The summed E-state index contributed by atoms with van der Waals surface area (Å²) < 4.78 is 0.800. The number of thioether (sulfide) groups is 1. The van der Waals surface area contributed by atoms with E-state index in [9.17, 15) is 9.59 Å². The zero-order valence-electron chi connectivity index (χ0n) is 15.4. The van der Waals surface area contributed by atoms with Crippen molar-refractivity contribution in [2.24, 2.45) is 5.92 Å². The predicted molar refractivity (Wildman–Crippen MR) is 109 cm³/mol. The van der Waals surface area contributed by atoms with E-state index in [0.717, 1.165) is 27.7 Å². The van der Waals surface area contributed by atoms with Gasteiger partial charge in [0.1, 0.15) is 0 Å². The molecule has 0 spiro atoms. The van der Waals surface area contributed by atoms with Gasteiger partial charge in [-0.25, -0.2) is 4.98 Å². The Morgan fingerprint density at radius 2 is 1.92 bits per heavy atom. The number of hydrogen-bond acceptors (Lipinski definition) is 5. The number of benzene rings is 1. The summed E-state index contributed by atoms with van der Waals surface area (Å²) in [4.78, 5) is 28.3. The van der Waals surface area contributed by atoms with Gasteiger partial charge in [0.2, 0.25) is 11.8 Å². The summed E-state index contributed by atoms with van der Waals surface area (Å²) in [5.41, 5.74) is 2.69. The fraction of sp³-hybridized carbons (Fsp3) is 0.421. The summed E-state index contributed by atoms with van der Waals surface area (Å²) in [5.74, 6) is 0.789. The van der Waals surface area contributed by atoms with Gasteiger partial charge in [-0.05, 0) is 31.4 Å². The molecule has 0 unspecified atom stereocenters. The van der Waals surface area contributed by atoms with Gasteiger partial charge in [-0.1, -0.05) is 43.3 Å². The molecular weight excluding hydrogens is 366 g/mol. The van der Waals surface area contributed by atoms with E-state index in [-0.39, 0.29) is 18.2 Å². The number of anilines is 1. The largest absolute Gasteiger partial charge is 0.356 e. The summed E-state index contributed by atoms with van der Waals surface area (Å²) in [6, 6.07) is 7.69. The molecule has 0 aliphatic heterocycles. The molecule has 1 aromatic carbocycles. The highest BCUT2D eigenvalue weighted by molar-refractivity contribution is 8.01. The first-order chi connectivity index (χ1) is 12.4. The summed E-state index contributed by atoms with van der Waals surface area (Å²) in [5, 5.41) is 7.65. The lowest BCUT2D eigenvalue weighted by molar-refractivity contribution is -0.120. The van der Waals surface area contributed by atoms with E-state index in [0.29, 0.717) is 18.2 Å². The lowest BCUT2D eigenvalue weighted by Crippen LogP contribution is -2.26. The van der Waals surface area contributed by atoms with Gasteiger partial charge in [0.15, 0.2) is 4.34 Å². The van der Waals surface area contributed by atoms with Gasteiger partial charge in [-0.2, -0.15) is 0 Å². The third-order valence-corrected chi connectivity index (χ3v) is 5.65. The van der Waals surface area contributed by atoms with Crippen molar-refractivity contribution in [1.29, 1.82) is 0 Å². The molecule has 1 heterocycles. The van der Waals surface area contributed by atoms with Gasteiger partial charge in [-0.15, -0.1) is 11.3 Å². The maximum absolute atomic E-state index is 12.0. The fourth-order valence-corrected chi connectivity index (χ4v) is 3.77. The van der Waals surface area contributed by atoms with E-state index < -0.39 is 0 Å². The van der Waals surface area contributed by atoms with Crippen LogP contribution in [0.15, 0.2) is 34.0 Å². The number of carbonyl (C=O) groups excluding carboxylic acids is 2. The van der Waals surface area contributed by atoms with Crippen LogP contribution in [0.5, 0.6) is 0 Å². The molecule has 1 aromatic heterocycles. The van der Waals surface area contributed by atoms with Crippen LogP contribution in [0.3, 0.4) is 0 Å². The van der Waals surface area contributed by atoms with Crippen molar-refractivity contribution in [1.82, 2.24) is 10.3 Å². The Bertz CT molecular complexity index is 727. The smallest absolute Gasteiger partial charge is 0.234 e. The molecule has 5 nitrogen and oxygen atoms in total. The molecule has 0 saturated heterocycles. The molecule has 7 heteroatoms. The Hall–Kier alpha value is -1.86. The molecule has 0 radical (unpaired) electrons. The van der Waals surface area contributed by atoms with Crippen LogP contribution in [-0.4, -0.2) is 29.1 Å². The number of nitrogens with one attached hydrogen (secondary N) is 2. The maximum Gasteiger partial charge on any atom is 0.234 e. The predicted octanol–water partition coefficient (Wildman–Crippen LogP) is 3.89. The van der Waals surface area contributed by atoms with E-state index in [4.69, 9.17) is 0 Å². The topological polar surface area (TPSA) is 71.1 Å². The molecule has 2 amide bonds. The quantitative estimate of drug-likeness (QED) is 0.636. The molecule has 140 valence electrons. The maximum atomic E-state index is 12.0. The highest BCUT2D eigenvalue weighted by atomic mass is 32.2. The molecule has 2 aromatic rings. The SMILES string of the molecule is Cc1ccc(NC(=O)CSc2nc(CC(=O)NCCC(C)C)cs2)cc1. The molecule has 26 heavy (non-hydrogen) atoms. The van der Waals surface area contributed by atoms with E-state index in [2.05, 4.69) is 29.5 Å². The van der Waals surface area contributed by atoms with Crippen molar-refractivity contribution in [2.45, 2.75) is 38.0 Å². The second kappa shape index (κ2) is 10.3. The minimum absolute atomic E-state index is 0.00962. The Morgan fingerprint density at radius 3 is 2.62 bits per heavy atom. The molecule has 2 rings (SSSR count). The Morgan fingerprint density at radius 1 is 1.19 bits per heavy atom. The normalized spacial score (nSPS) is 10.8. The third-order valence-electron chi connectivity index (χ3n) is 3.58. The molecule has 0 aliphatic carbocycles. The van der Waals surface area contributed by atoms with Gasteiger partial charge in [0, 0.05) is 17.6 Å². The van der Waals surface area contributed by atoms with Gasteiger partial charge in [0.05, 0.1) is 17.9 Å². The van der Waals surface area contributed by atoms with Crippen LogP contribution >= 0.6 is 23.1 Å². The molecule has 0 fully saturated rings. The van der Waals surface area contributed by atoms with Crippen LogP contribution in [0.2, 0.25) is 0 Å². The van der Waals surface area contributed by atoms with E-state index >= 15 is 0 Å². The zero-order chi connectivity index (χ0) is 18.9. The number of hydrogen-bond donors (Lipinski definition) is 2. The van der Waals surface area contributed by atoms with E-state index in [1.54, 1.807) is 0 Å². The Labute approximate surface area is 163 Å². The molecule has 0 saturated carbocycles. The van der Waals surface area contributed by atoms with Crippen molar-refractivity contribution >= 4 is 40.6 Å². The zero-order valence-corrected chi connectivity index (χ0v) is 17.0. The minimum Gasteiger partial charge on any atom is -0.356 e. The average molecular weight is 392 g/mol. The first-order valence-corrected chi connectivity index (χ1v) is 10.5. The van der Waals surface area contributed by atoms with Gasteiger partial charge >= 0.3 is 0 Å². The van der Waals surface area contributed by atoms with Gasteiger partial charge in [0.25, 0.3) is 0 Å². The van der Waals surface area contributed by atoms with Crippen LogP contribution in [0.1, 0.15) is 31.5 Å². The van der Waals surface area contributed by atoms with Gasteiger partial charge < -0.3 is 10.6 Å². The number of rotatable bonds is 9. The molecule has 0 aliphatic rings. The highest BCUT2D eigenvalue weighted by Gasteiger charge is 2.10. The number of aromatic nitrogens is 1. The van der Waals surface area contributed by atoms with E-state index in [1.807, 2.05) is 36.6 Å². The van der Waals surface area contributed by atoms with Crippen LogP contribution in [0.4, 0.5) is 5.69 Å². The first-order valence-electron chi connectivity index (χ1n) is 8.63.